The molecule has 0 atom stereocenters. The van der Waals surface area contributed by atoms with E-state index in [1.54, 1.807) is 12.3 Å². The zero-order valence-corrected chi connectivity index (χ0v) is 5.86. The Morgan fingerprint density at radius 2 is 2.45 bits per heavy atom. The molecular formula is C7H8N4. The fourth-order valence-corrected chi connectivity index (χ4v) is 0.571. The fraction of sp³-hybridized carbons (Fsp3) is 0. The van der Waals surface area contributed by atoms with Crippen LogP contribution in [0.15, 0.2) is 29.4 Å². The Hall–Kier alpha value is -1.71. The lowest BCUT2D eigenvalue weighted by Crippen LogP contribution is -2.05. The second-order valence-corrected chi connectivity index (χ2v) is 1.76. The van der Waals surface area contributed by atoms with Crippen molar-refractivity contribution in [2.24, 2.45) is 4.99 Å². The van der Waals surface area contributed by atoms with Crippen LogP contribution >= 0.6 is 0 Å². The van der Waals surface area contributed by atoms with E-state index >= 15 is 0 Å². The Morgan fingerprint density at radius 3 is 3.09 bits per heavy atom. The van der Waals surface area contributed by atoms with Crippen LogP contribution in [0.4, 0.5) is 5.82 Å². The van der Waals surface area contributed by atoms with E-state index < -0.39 is 0 Å². The molecule has 4 heteroatoms. The topological polar surface area (TPSA) is 61.1 Å². The summed E-state index contributed by atoms with van der Waals surface area (Å²) in [6.07, 6.45) is 4.12. The van der Waals surface area contributed by atoms with Gasteiger partial charge in [0.25, 0.3) is 0 Å². The summed E-state index contributed by atoms with van der Waals surface area (Å²) in [6, 6.07) is 5.45. The molecule has 0 aliphatic rings. The van der Waals surface area contributed by atoms with Gasteiger partial charge in [0.1, 0.15) is 0 Å². The van der Waals surface area contributed by atoms with Crippen LogP contribution in [0.2, 0.25) is 0 Å². The number of nitrogens with zero attached hydrogens (tertiary/aromatic N) is 2. The van der Waals surface area contributed by atoms with Crippen molar-refractivity contribution in [1.29, 1.82) is 5.41 Å². The monoisotopic (exact) mass is 148 g/mol. The van der Waals surface area contributed by atoms with E-state index in [0.717, 1.165) is 6.34 Å². The van der Waals surface area contributed by atoms with Gasteiger partial charge in [-0.05, 0) is 12.1 Å². The Labute approximate surface area is 64.5 Å². The molecule has 0 bridgehead atoms. The van der Waals surface area contributed by atoms with Gasteiger partial charge in [0.05, 0.1) is 12.7 Å². The third kappa shape index (κ3) is 2.57. The normalized spacial score (nSPS) is 9.82. The molecule has 0 unspecified atom stereocenters. The van der Waals surface area contributed by atoms with Gasteiger partial charge in [-0.1, -0.05) is 6.07 Å². The Kier molecular flexibility index (Phi) is 2.80. The highest BCUT2D eigenvalue weighted by atomic mass is 15.0. The molecule has 0 aliphatic carbocycles. The van der Waals surface area contributed by atoms with Crippen molar-refractivity contribution in [3.63, 3.8) is 0 Å². The minimum Gasteiger partial charge on any atom is -0.338 e. The van der Waals surface area contributed by atoms with Gasteiger partial charge in [-0.2, -0.15) is 0 Å². The average molecular weight is 148 g/mol. The molecule has 1 heterocycles. The van der Waals surface area contributed by atoms with Crippen LogP contribution in [0.5, 0.6) is 0 Å². The molecule has 0 saturated carbocycles. The van der Waals surface area contributed by atoms with Crippen LogP contribution in [0.1, 0.15) is 0 Å². The Balaban J connectivity index is 2.57. The van der Waals surface area contributed by atoms with E-state index in [9.17, 15) is 0 Å². The zero-order valence-electron chi connectivity index (χ0n) is 5.86. The van der Waals surface area contributed by atoms with Crippen molar-refractivity contribution in [3.05, 3.63) is 24.4 Å². The van der Waals surface area contributed by atoms with Crippen molar-refractivity contribution in [2.45, 2.75) is 0 Å². The second kappa shape index (κ2) is 4.16. The summed E-state index contributed by atoms with van der Waals surface area (Å²) < 4.78 is 0. The molecule has 0 amide bonds. The van der Waals surface area contributed by atoms with E-state index in [4.69, 9.17) is 5.41 Å². The fourth-order valence-electron chi connectivity index (χ4n) is 0.571. The van der Waals surface area contributed by atoms with Crippen molar-refractivity contribution in [2.75, 3.05) is 0 Å². The van der Waals surface area contributed by atoms with Crippen LogP contribution in [0, 0.1) is 5.41 Å². The van der Waals surface area contributed by atoms with E-state index in [1.165, 1.54) is 6.34 Å². The highest BCUT2D eigenvalue weighted by Crippen LogP contribution is 2.02. The molecular weight excluding hydrogens is 140 g/mol. The first-order valence-electron chi connectivity index (χ1n) is 3.12. The van der Waals surface area contributed by atoms with Crippen molar-refractivity contribution in [3.8, 4) is 0 Å². The number of rotatable bonds is 3. The van der Waals surface area contributed by atoms with Gasteiger partial charge in [-0.25, -0.2) is 9.98 Å². The van der Waals surface area contributed by atoms with Gasteiger partial charge in [0.15, 0.2) is 5.82 Å². The predicted octanol–water partition coefficient (Wildman–Crippen LogP) is 0.938. The average Bonchev–Trinajstić information content (AvgIpc) is 2.07. The molecule has 0 fully saturated rings. The third-order valence-electron chi connectivity index (χ3n) is 1.00. The van der Waals surface area contributed by atoms with Crippen LogP contribution in [-0.4, -0.2) is 17.7 Å². The lowest BCUT2D eigenvalue weighted by Gasteiger charge is -1.88. The van der Waals surface area contributed by atoms with Gasteiger partial charge in [-0.3, -0.25) is 5.41 Å². The summed E-state index contributed by atoms with van der Waals surface area (Å²) in [4.78, 5) is 7.84. The van der Waals surface area contributed by atoms with E-state index in [0.29, 0.717) is 5.82 Å². The Morgan fingerprint density at radius 1 is 1.55 bits per heavy atom. The van der Waals surface area contributed by atoms with Gasteiger partial charge >= 0.3 is 0 Å². The number of aliphatic imine (C=N–C) groups is 1. The third-order valence-corrected chi connectivity index (χ3v) is 1.00. The molecule has 4 nitrogen and oxygen atoms in total. The first-order valence-corrected chi connectivity index (χ1v) is 3.12. The zero-order chi connectivity index (χ0) is 7.94. The smallest absolute Gasteiger partial charge is 0.153 e. The van der Waals surface area contributed by atoms with Crippen LogP contribution in [0.3, 0.4) is 0 Å². The molecule has 0 aromatic carbocycles. The van der Waals surface area contributed by atoms with E-state index in [-0.39, 0.29) is 0 Å². The molecule has 56 valence electrons. The Bertz CT molecular complexity index is 242. The molecule has 0 aliphatic heterocycles. The molecule has 1 aromatic rings. The van der Waals surface area contributed by atoms with Gasteiger partial charge in [0, 0.05) is 6.20 Å². The van der Waals surface area contributed by atoms with Gasteiger partial charge in [-0.15, -0.1) is 0 Å². The van der Waals surface area contributed by atoms with E-state index in [2.05, 4.69) is 15.3 Å². The van der Waals surface area contributed by atoms with Crippen LogP contribution in [-0.2, 0) is 0 Å². The lowest BCUT2D eigenvalue weighted by atomic mass is 10.5. The highest BCUT2D eigenvalue weighted by molar-refractivity contribution is 5.74. The molecule has 1 aromatic heterocycles. The molecule has 0 spiro atoms. The largest absolute Gasteiger partial charge is 0.338 e. The number of hydrogen-bond donors (Lipinski definition) is 2. The summed E-state index contributed by atoms with van der Waals surface area (Å²) in [7, 11) is 0. The minimum absolute atomic E-state index is 0.627. The predicted molar refractivity (Wildman–Crippen MR) is 44.3 cm³/mol. The van der Waals surface area contributed by atoms with Crippen LogP contribution in [0.25, 0.3) is 0 Å². The number of hydrogen-bond acceptors (Lipinski definition) is 3. The summed E-state index contributed by atoms with van der Waals surface area (Å²) in [6.45, 7) is 0. The number of nitrogens with one attached hydrogen (secondary N) is 2. The summed E-state index contributed by atoms with van der Waals surface area (Å²) >= 11 is 0. The van der Waals surface area contributed by atoms with Crippen molar-refractivity contribution >= 4 is 18.5 Å². The van der Waals surface area contributed by atoms with Gasteiger partial charge < -0.3 is 5.32 Å². The maximum atomic E-state index is 6.62. The molecule has 0 saturated heterocycles. The van der Waals surface area contributed by atoms with Gasteiger partial charge in [0.2, 0.25) is 0 Å². The summed E-state index contributed by atoms with van der Waals surface area (Å²) in [5.74, 6) is 0.627. The van der Waals surface area contributed by atoms with Crippen LogP contribution < -0.4 is 5.32 Å². The summed E-state index contributed by atoms with van der Waals surface area (Å²) in [5.41, 5.74) is 0. The molecule has 2 N–H and O–H groups in total. The lowest BCUT2D eigenvalue weighted by molar-refractivity contribution is 1.26. The van der Waals surface area contributed by atoms with E-state index in [1.807, 2.05) is 12.1 Å². The molecule has 0 radical (unpaired) electrons. The number of pyridine rings is 1. The SMILES string of the molecule is N=CN/C=N/c1ccccn1. The standard InChI is InChI=1S/C7H8N4/c8-5-9-6-11-7-3-1-2-4-10-7/h1-6H,(H2,8,9,10,11). The maximum Gasteiger partial charge on any atom is 0.153 e. The van der Waals surface area contributed by atoms with Crippen molar-refractivity contribution in [1.82, 2.24) is 10.3 Å². The molecule has 1 rings (SSSR count). The summed E-state index contributed by atoms with van der Waals surface area (Å²) in [5, 5.41) is 9.13. The number of aromatic nitrogens is 1. The first-order chi connectivity index (χ1) is 5.43. The molecule has 11 heavy (non-hydrogen) atoms. The maximum absolute atomic E-state index is 6.62. The van der Waals surface area contributed by atoms with Crippen molar-refractivity contribution < 1.29 is 0 Å². The highest BCUT2D eigenvalue weighted by Gasteiger charge is 1.81. The second-order valence-electron chi connectivity index (χ2n) is 1.76. The quantitative estimate of drug-likeness (QED) is 0.495. The first kappa shape index (κ1) is 7.40. The minimum atomic E-state index is 0.627.